The van der Waals surface area contributed by atoms with Crippen molar-refractivity contribution in [3.8, 4) is 0 Å². The number of amides is 1. The van der Waals surface area contributed by atoms with Crippen molar-refractivity contribution < 1.29 is 14.3 Å². The van der Waals surface area contributed by atoms with E-state index in [-0.39, 0.29) is 36.4 Å². The van der Waals surface area contributed by atoms with Gasteiger partial charge in [-0.25, -0.2) is 9.38 Å². The number of carbonyl (C=O) groups is 1. The van der Waals surface area contributed by atoms with Crippen LogP contribution in [0.15, 0.2) is 40.7 Å². The molecule has 0 spiro atoms. The van der Waals surface area contributed by atoms with Crippen molar-refractivity contribution in [1.82, 2.24) is 20.0 Å². The summed E-state index contributed by atoms with van der Waals surface area (Å²) in [5.41, 5.74) is 0.822. The highest BCUT2D eigenvalue weighted by molar-refractivity contribution is 6.00. The number of likely N-dealkylation sites (N-methyl/N-ethyl adjacent to an activating group) is 3. The van der Waals surface area contributed by atoms with Crippen molar-refractivity contribution in [1.29, 1.82) is 0 Å². The molecule has 0 aromatic heterocycles. The molecule has 27 heavy (non-hydrogen) atoms. The lowest BCUT2D eigenvalue weighted by Crippen LogP contribution is -2.57. The third-order valence-corrected chi connectivity index (χ3v) is 5.01. The number of hydrogen-bond donors (Lipinski definition) is 2. The third-order valence-electron chi connectivity index (χ3n) is 5.01. The van der Waals surface area contributed by atoms with Gasteiger partial charge in [-0.05, 0) is 31.8 Å². The number of aliphatic imine (C=N–C) groups is 1. The van der Waals surface area contributed by atoms with Crippen LogP contribution in [0.25, 0.3) is 0 Å². The lowest BCUT2D eigenvalue weighted by Gasteiger charge is -2.41. The van der Waals surface area contributed by atoms with E-state index in [0.717, 1.165) is 31.0 Å². The van der Waals surface area contributed by atoms with Gasteiger partial charge in [0.1, 0.15) is 17.4 Å². The summed E-state index contributed by atoms with van der Waals surface area (Å²) >= 11 is 0. The summed E-state index contributed by atoms with van der Waals surface area (Å²) in [7, 11) is 5.97. The molecule has 1 unspecified atom stereocenters. The molecule has 2 aliphatic rings. The predicted molar refractivity (Wildman–Crippen MR) is 102 cm³/mol. The van der Waals surface area contributed by atoms with Crippen molar-refractivity contribution in [2.24, 2.45) is 4.99 Å². The molecule has 1 amide bonds. The Bertz CT molecular complexity index is 762. The van der Waals surface area contributed by atoms with E-state index >= 15 is 0 Å². The van der Waals surface area contributed by atoms with E-state index in [9.17, 15) is 14.3 Å². The summed E-state index contributed by atoms with van der Waals surface area (Å²) in [4.78, 5) is 23.4. The van der Waals surface area contributed by atoms with Gasteiger partial charge < -0.3 is 20.2 Å². The second-order valence-electron chi connectivity index (χ2n) is 7.19. The summed E-state index contributed by atoms with van der Waals surface area (Å²) < 4.78 is 13.0. The molecule has 2 aliphatic heterocycles. The van der Waals surface area contributed by atoms with Crippen LogP contribution < -0.4 is 5.32 Å². The molecule has 1 saturated heterocycles. The number of halogens is 1. The number of amidine groups is 1. The van der Waals surface area contributed by atoms with E-state index in [0.29, 0.717) is 0 Å². The minimum Gasteiger partial charge on any atom is -0.508 e. The highest BCUT2D eigenvalue weighted by atomic mass is 19.1. The van der Waals surface area contributed by atoms with Gasteiger partial charge in [-0.1, -0.05) is 12.1 Å². The first kappa shape index (κ1) is 19.3. The number of piperazine rings is 1. The zero-order chi connectivity index (χ0) is 19.6. The highest BCUT2D eigenvalue weighted by Gasteiger charge is 2.33. The average molecular weight is 375 g/mol. The predicted octanol–water partition coefficient (Wildman–Crippen LogP) is 0.801. The Morgan fingerprint density at radius 1 is 1.26 bits per heavy atom. The van der Waals surface area contributed by atoms with Gasteiger partial charge in [0.2, 0.25) is 0 Å². The molecule has 8 heteroatoms. The molecule has 0 radical (unpaired) electrons. The van der Waals surface area contributed by atoms with Crippen LogP contribution in [0.3, 0.4) is 0 Å². The number of carbonyl (C=O) groups excluding carboxylic acids is 1. The number of nitrogens with one attached hydrogen (secondary N) is 1. The Morgan fingerprint density at radius 3 is 2.67 bits per heavy atom. The average Bonchev–Trinajstić information content (AvgIpc) is 2.63. The zero-order valence-electron chi connectivity index (χ0n) is 15.9. The van der Waals surface area contributed by atoms with E-state index in [2.05, 4.69) is 27.2 Å². The quantitative estimate of drug-likeness (QED) is 0.815. The molecule has 2 N–H and O–H groups in total. The van der Waals surface area contributed by atoms with Gasteiger partial charge in [0.15, 0.2) is 5.70 Å². The zero-order valence-corrected chi connectivity index (χ0v) is 15.9. The first-order chi connectivity index (χ1) is 12.8. The SMILES string of the molecule is CN1CCN(C)C(C2=NC(C(=O)NCc3ccc(F)cc3)=C(O)CN2C)C1. The fraction of sp³-hybridized carbons (Fsp3) is 0.474. The Labute approximate surface area is 158 Å². The molecule has 2 heterocycles. The number of nitrogens with zero attached hydrogens (tertiary/aromatic N) is 4. The van der Waals surface area contributed by atoms with Crippen molar-refractivity contribution in [3.05, 3.63) is 47.1 Å². The molecule has 7 nitrogen and oxygen atoms in total. The number of aliphatic hydroxyl groups is 1. The molecule has 3 rings (SSSR count). The fourth-order valence-corrected chi connectivity index (χ4v) is 3.31. The highest BCUT2D eigenvalue weighted by Crippen LogP contribution is 2.19. The van der Waals surface area contributed by atoms with Crippen LogP contribution in [0.4, 0.5) is 4.39 Å². The van der Waals surface area contributed by atoms with Crippen LogP contribution in [0, 0.1) is 5.82 Å². The van der Waals surface area contributed by atoms with Gasteiger partial charge in [0.05, 0.1) is 12.6 Å². The molecule has 0 saturated carbocycles. The van der Waals surface area contributed by atoms with Crippen LogP contribution in [0.5, 0.6) is 0 Å². The van der Waals surface area contributed by atoms with Gasteiger partial charge in [0.25, 0.3) is 5.91 Å². The summed E-state index contributed by atoms with van der Waals surface area (Å²) in [6.07, 6.45) is 0. The van der Waals surface area contributed by atoms with E-state index in [1.54, 1.807) is 12.1 Å². The van der Waals surface area contributed by atoms with Crippen LogP contribution in [0.2, 0.25) is 0 Å². The van der Waals surface area contributed by atoms with Gasteiger partial charge in [-0.2, -0.15) is 0 Å². The Morgan fingerprint density at radius 2 is 1.96 bits per heavy atom. The maximum atomic E-state index is 13.0. The third kappa shape index (κ3) is 4.45. The van der Waals surface area contributed by atoms with Crippen LogP contribution in [-0.2, 0) is 11.3 Å². The lowest BCUT2D eigenvalue weighted by molar-refractivity contribution is -0.117. The molecule has 0 bridgehead atoms. The van der Waals surface area contributed by atoms with Gasteiger partial charge in [-0.15, -0.1) is 0 Å². The van der Waals surface area contributed by atoms with Crippen LogP contribution >= 0.6 is 0 Å². The maximum absolute atomic E-state index is 13.0. The maximum Gasteiger partial charge on any atom is 0.273 e. The first-order valence-corrected chi connectivity index (χ1v) is 8.98. The van der Waals surface area contributed by atoms with Crippen molar-refractivity contribution >= 4 is 11.7 Å². The minimum atomic E-state index is -0.436. The molecule has 0 aliphatic carbocycles. The number of benzene rings is 1. The minimum absolute atomic E-state index is 0.0480. The summed E-state index contributed by atoms with van der Waals surface area (Å²) in [5, 5.41) is 13.0. The number of hydrogen-bond acceptors (Lipinski definition) is 6. The van der Waals surface area contributed by atoms with Crippen molar-refractivity contribution in [2.45, 2.75) is 12.6 Å². The van der Waals surface area contributed by atoms with E-state index in [1.807, 2.05) is 19.0 Å². The largest absolute Gasteiger partial charge is 0.508 e. The van der Waals surface area contributed by atoms with E-state index in [1.165, 1.54) is 12.1 Å². The monoisotopic (exact) mass is 375 g/mol. The summed E-state index contributed by atoms with van der Waals surface area (Å²) in [5.74, 6) is -0.0377. The van der Waals surface area contributed by atoms with Gasteiger partial charge >= 0.3 is 0 Å². The molecule has 1 atom stereocenters. The molecule has 1 aromatic rings. The van der Waals surface area contributed by atoms with Gasteiger partial charge in [0, 0.05) is 33.2 Å². The Kier molecular flexibility index (Phi) is 5.76. The fourth-order valence-electron chi connectivity index (χ4n) is 3.31. The second-order valence-corrected chi connectivity index (χ2v) is 7.19. The Balaban J connectivity index is 1.74. The lowest BCUT2D eigenvalue weighted by atomic mass is 10.1. The topological polar surface area (TPSA) is 71.4 Å². The standard InChI is InChI=1S/C19H26FN5O2/c1-23-8-9-24(2)15(11-23)18-22-17(16(26)12-25(18)3)19(27)21-10-13-4-6-14(20)7-5-13/h4-7,15,26H,8-12H2,1-3H3,(H,21,27). The smallest absolute Gasteiger partial charge is 0.273 e. The molecule has 1 fully saturated rings. The second kappa shape index (κ2) is 8.06. The van der Waals surface area contributed by atoms with E-state index < -0.39 is 5.91 Å². The van der Waals surface area contributed by atoms with Crippen LogP contribution in [0.1, 0.15) is 5.56 Å². The summed E-state index contributed by atoms with van der Waals surface area (Å²) in [6.45, 7) is 3.19. The molecule has 1 aromatic carbocycles. The van der Waals surface area contributed by atoms with Gasteiger partial charge in [-0.3, -0.25) is 9.69 Å². The molecular weight excluding hydrogens is 349 g/mol. The number of aliphatic hydroxyl groups excluding tert-OH is 1. The normalized spacial score (nSPS) is 22.0. The van der Waals surface area contributed by atoms with E-state index in [4.69, 9.17) is 0 Å². The van der Waals surface area contributed by atoms with Crippen molar-refractivity contribution in [3.63, 3.8) is 0 Å². The summed E-state index contributed by atoms with van der Waals surface area (Å²) in [6, 6.07) is 5.97. The molecule has 146 valence electrons. The number of rotatable bonds is 4. The van der Waals surface area contributed by atoms with Crippen molar-refractivity contribution in [2.75, 3.05) is 47.3 Å². The Hall–Kier alpha value is -2.45. The first-order valence-electron chi connectivity index (χ1n) is 8.98. The molecular formula is C19H26FN5O2. The van der Waals surface area contributed by atoms with Crippen LogP contribution in [-0.4, -0.2) is 84.9 Å².